The molecular weight excluding hydrogens is 228 g/mol. The van der Waals surface area contributed by atoms with Gasteiger partial charge in [-0.05, 0) is 17.5 Å². The zero-order valence-electron chi connectivity index (χ0n) is 11.2. The minimum Gasteiger partial charge on any atom is -0.496 e. The van der Waals surface area contributed by atoms with E-state index in [1.165, 1.54) is 10.5 Å². The standard InChI is InChI=1S/C14H18N2O2/c1-10(2)11-5-6-12(13(7-11)18-4)9-16(3)14(17)8-15/h5-7,10H,9H2,1-4H3. The van der Waals surface area contributed by atoms with Gasteiger partial charge in [-0.25, -0.2) is 0 Å². The number of carbonyl (C=O) groups excluding carboxylic acids is 1. The normalized spacial score (nSPS) is 10.0. The Bertz CT molecular complexity index is 475. The van der Waals surface area contributed by atoms with Crippen LogP contribution in [0.3, 0.4) is 0 Å². The molecule has 0 aliphatic rings. The topological polar surface area (TPSA) is 53.3 Å². The molecule has 1 aromatic rings. The summed E-state index contributed by atoms with van der Waals surface area (Å²) in [5, 5.41) is 8.55. The molecule has 0 saturated carbocycles. The molecule has 0 N–H and O–H groups in total. The van der Waals surface area contributed by atoms with E-state index in [9.17, 15) is 4.79 Å². The number of rotatable bonds is 4. The minimum absolute atomic E-state index is 0.369. The van der Waals surface area contributed by atoms with E-state index < -0.39 is 5.91 Å². The van der Waals surface area contributed by atoms with Crippen LogP contribution in [0.15, 0.2) is 18.2 Å². The molecule has 0 atom stereocenters. The average Bonchev–Trinajstić information content (AvgIpc) is 2.37. The van der Waals surface area contributed by atoms with Gasteiger partial charge < -0.3 is 9.64 Å². The fourth-order valence-corrected chi connectivity index (χ4v) is 1.66. The van der Waals surface area contributed by atoms with E-state index in [0.29, 0.717) is 12.5 Å². The highest BCUT2D eigenvalue weighted by molar-refractivity contribution is 5.90. The van der Waals surface area contributed by atoms with Gasteiger partial charge in [0.15, 0.2) is 6.07 Å². The van der Waals surface area contributed by atoms with Gasteiger partial charge in [0.1, 0.15) is 5.75 Å². The molecule has 0 bridgehead atoms. The summed E-state index contributed by atoms with van der Waals surface area (Å²) in [5.41, 5.74) is 2.08. The Kier molecular flexibility index (Phi) is 4.73. The van der Waals surface area contributed by atoms with E-state index in [-0.39, 0.29) is 0 Å². The Morgan fingerprint density at radius 2 is 2.17 bits per heavy atom. The second-order valence-corrected chi connectivity index (χ2v) is 4.50. The first-order valence-corrected chi connectivity index (χ1v) is 5.81. The molecule has 0 unspecified atom stereocenters. The fraction of sp³-hybridized carbons (Fsp3) is 0.429. The lowest BCUT2D eigenvalue weighted by Gasteiger charge is -2.17. The van der Waals surface area contributed by atoms with Crippen molar-refractivity contribution < 1.29 is 9.53 Å². The maximum atomic E-state index is 11.2. The van der Waals surface area contributed by atoms with Gasteiger partial charge in [-0.15, -0.1) is 0 Å². The lowest BCUT2D eigenvalue weighted by Crippen LogP contribution is -2.24. The summed E-state index contributed by atoms with van der Waals surface area (Å²) in [7, 11) is 3.20. The largest absolute Gasteiger partial charge is 0.496 e. The molecule has 0 aliphatic heterocycles. The van der Waals surface area contributed by atoms with Crippen LogP contribution < -0.4 is 4.74 Å². The van der Waals surface area contributed by atoms with E-state index in [2.05, 4.69) is 13.8 Å². The van der Waals surface area contributed by atoms with E-state index in [1.54, 1.807) is 20.2 Å². The van der Waals surface area contributed by atoms with Crippen molar-refractivity contribution in [3.63, 3.8) is 0 Å². The molecule has 0 fully saturated rings. The third kappa shape index (κ3) is 3.24. The van der Waals surface area contributed by atoms with E-state index in [0.717, 1.165) is 11.3 Å². The van der Waals surface area contributed by atoms with Crippen molar-refractivity contribution in [1.29, 1.82) is 5.26 Å². The molecular formula is C14H18N2O2. The minimum atomic E-state index is -0.551. The van der Waals surface area contributed by atoms with Crippen LogP contribution in [0.5, 0.6) is 5.75 Å². The SMILES string of the molecule is COc1cc(C(C)C)ccc1CN(C)C(=O)C#N. The summed E-state index contributed by atoms with van der Waals surface area (Å²) in [6.45, 7) is 4.59. The highest BCUT2D eigenvalue weighted by atomic mass is 16.5. The first-order valence-electron chi connectivity index (χ1n) is 5.81. The highest BCUT2D eigenvalue weighted by Gasteiger charge is 2.12. The van der Waals surface area contributed by atoms with E-state index in [4.69, 9.17) is 10.00 Å². The first kappa shape index (κ1) is 14.0. The number of hydrogen-bond donors (Lipinski definition) is 0. The molecule has 0 spiro atoms. The molecule has 0 heterocycles. The van der Waals surface area contributed by atoms with Crippen molar-refractivity contribution in [3.8, 4) is 11.8 Å². The van der Waals surface area contributed by atoms with Crippen LogP contribution in [0.4, 0.5) is 0 Å². The molecule has 0 saturated heterocycles. The van der Waals surface area contributed by atoms with Crippen LogP contribution in [-0.4, -0.2) is 25.0 Å². The van der Waals surface area contributed by atoms with Gasteiger partial charge in [-0.3, -0.25) is 4.79 Å². The number of carbonyl (C=O) groups is 1. The Morgan fingerprint density at radius 1 is 1.50 bits per heavy atom. The van der Waals surface area contributed by atoms with Crippen molar-refractivity contribution in [2.24, 2.45) is 0 Å². The lowest BCUT2D eigenvalue weighted by atomic mass is 10.0. The van der Waals surface area contributed by atoms with Gasteiger partial charge in [0, 0.05) is 19.2 Å². The van der Waals surface area contributed by atoms with Crippen LogP contribution in [0, 0.1) is 11.3 Å². The molecule has 4 nitrogen and oxygen atoms in total. The molecule has 1 aromatic carbocycles. The van der Waals surface area contributed by atoms with Crippen LogP contribution in [0.25, 0.3) is 0 Å². The number of ether oxygens (including phenoxy) is 1. The van der Waals surface area contributed by atoms with Crippen molar-refractivity contribution >= 4 is 5.91 Å². The number of amides is 1. The Hall–Kier alpha value is -2.02. The Morgan fingerprint density at radius 3 is 2.67 bits per heavy atom. The summed E-state index contributed by atoms with van der Waals surface area (Å²) in [5.74, 6) is 0.621. The molecule has 1 rings (SSSR count). The van der Waals surface area contributed by atoms with Crippen LogP contribution in [0.2, 0.25) is 0 Å². The predicted molar refractivity (Wildman–Crippen MR) is 69.2 cm³/mol. The zero-order chi connectivity index (χ0) is 13.7. The van der Waals surface area contributed by atoms with Crippen LogP contribution >= 0.6 is 0 Å². The van der Waals surface area contributed by atoms with Gasteiger partial charge in [0.2, 0.25) is 0 Å². The quantitative estimate of drug-likeness (QED) is 0.766. The Balaban J connectivity index is 2.96. The number of hydrogen-bond acceptors (Lipinski definition) is 3. The predicted octanol–water partition coefficient (Wildman–Crippen LogP) is 2.30. The molecule has 0 aliphatic carbocycles. The zero-order valence-corrected chi connectivity index (χ0v) is 11.2. The highest BCUT2D eigenvalue weighted by Crippen LogP contribution is 2.25. The monoisotopic (exact) mass is 246 g/mol. The maximum Gasteiger partial charge on any atom is 0.325 e. The first-order chi connectivity index (χ1) is 8.49. The van der Waals surface area contributed by atoms with Crippen LogP contribution in [-0.2, 0) is 11.3 Å². The lowest BCUT2D eigenvalue weighted by molar-refractivity contribution is -0.124. The third-order valence-electron chi connectivity index (χ3n) is 2.83. The number of methoxy groups -OCH3 is 1. The molecule has 1 amide bonds. The van der Waals surface area contributed by atoms with E-state index >= 15 is 0 Å². The van der Waals surface area contributed by atoms with Gasteiger partial charge in [0.05, 0.1) is 7.11 Å². The van der Waals surface area contributed by atoms with Crippen molar-refractivity contribution in [3.05, 3.63) is 29.3 Å². The average molecular weight is 246 g/mol. The fourth-order valence-electron chi connectivity index (χ4n) is 1.66. The van der Waals surface area contributed by atoms with Gasteiger partial charge in [-0.1, -0.05) is 26.0 Å². The van der Waals surface area contributed by atoms with Gasteiger partial charge in [0.25, 0.3) is 0 Å². The summed E-state index contributed by atoms with van der Waals surface area (Å²) < 4.78 is 5.33. The van der Waals surface area contributed by atoms with Gasteiger partial charge in [-0.2, -0.15) is 5.26 Å². The molecule has 4 heteroatoms. The van der Waals surface area contributed by atoms with Crippen LogP contribution in [0.1, 0.15) is 30.9 Å². The Labute approximate surface area is 108 Å². The number of nitriles is 1. The molecule has 0 radical (unpaired) electrons. The van der Waals surface area contributed by atoms with Crippen molar-refractivity contribution in [2.75, 3.05) is 14.2 Å². The third-order valence-corrected chi connectivity index (χ3v) is 2.83. The summed E-state index contributed by atoms with van der Waals surface area (Å²) in [6.07, 6.45) is 0. The molecule has 18 heavy (non-hydrogen) atoms. The number of benzene rings is 1. The summed E-state index contributed by atoms with van der Waals surface area (Å²) in [6, 6.07) is 7.54. The second-order valence-electron chi connectivity index (χ2n) is 4.50. The second kappa shape index (κ2) is 6.06. The smallest absolute Gasteiger partial charge is 0.325 e. The van der Waals surface area contributed by atoms with Gasteiger partial charge >= 0.3 is 5.91 Å². The summed E-state index contributed by atoms with van der Waals surface area (Å²) >= 11 is 0. The maximum absolute atomic E-state index is 11.2. The molecule has 0 aromatic heterocycles. The number of nitrogens with zero attached hydrogens (tertiary/aromatic N) is 2. The van der Waals surface area contributed by atoms with Crippen molar-refractivity contribution in [1.82, 2.24) is 4.90 Å². The summed E-state index contributed by atoms with van der Waals surface area (Å²) in [4.78, 5) is 12.6. The molecule has 96 valence electrons. The van der Waals surface area contributed by atoms with E-state index in [1.807, 2.05) is 18.2 Å². The van der Waals surface area contributed by atoms with Crippen molar-refractivity contribution in [2.45, 2.75) is 26.3 Å².